The van der Waals surface area contributed by atoms with Crippen LogP contribution in [0.3, 0.4) is 0 Å². The zero-order chi connectivity index (χ0) is 22.3. The van der Waals surface area contributed by atoms with Crippen molar-refractivity contribution in [3.05, 3.63) is 54.1 Å². The molecule has 9 heteroatoms. The molecule has 1 aliphatic rings. The first-order chi connectivity index (χ1) is 14.9. The Hall–Kier alpha value is -3.07. The summed E-state index contributed by atoms with van der Waals surface area (Å²) in [6, 6.07) is 13.1. The van der Waals surface area contributed by atoms with E-state index in [2.05, 4.69) is 15.4 Å². The highest BCUT2D eigenvalue weighted by Crippen LogP contribution is 2.20. The fraction of sp³-hybridized carbons (Fsp3) is 0.364. The molecule has 8 nitrogen and oxygen atoms in total. The van der Waals surface area contributed by atoms with Crippen LogP contribution in [-0.2, 0) is 10.0 Å². The molecule has 31 heavy (non-hydrogen) atoms. The number of hydrogen-bond donors (Lipinski definition) is 3. The minimum atomic E-state index is -3.50. The van der Waals surface area contributed by atoms with Gasteiger partial charge in [0.2, 0.25) is 10.0 Å². The van der Waals surface area contributed by atoms with Crippen LogP contribution < -0.4 is 15.4 Å². The smallest absolute Gasteiger partial charge is 0.321 e. The molecule has 0 atom stereocenters. The Labute approximate surface area is 183 Å². The number of likely N-dealkylation sites (tertiary alicyclic amines) is 1. The molecule has 0 radical (unpaired) electrons. The standard InChI is InChI=1S/C22H28N4O4S/c1-2-31(29,30)25-20-10-6-5-9-19(20)21(27)23-17-11-13-18(14-12-17)24-22(28)26-15-7-3-4-8-16-26/h5-6,9-14,25H,2-4,7-8,15-16H2,1H3,(H,23,27)(H,24,28). The van der Waals surface area contributed by atoms with Gasteiger partial charge in [0.15, 0.2) is 0 Å². The van der Waals surface area contributed by atoms with E-state index < -0.39 is 15.9 Å². The number of para-hydroxylation sites is 1. The lowest BCUT2D eigenvalue weighted by Gasteiger charge is -2.20. The van der Waals surface area contributed by atoms with E-state index in [1.54, 1.807) is 48.5 Å². The molecule has 166 valence electrons. The van der Waals surface area contributed by atoms with Crippen LogP contribution in [0.1, 0.15) is 43.0 Å². The normalized spacial score (nSPS) is 14.4. The van der Waals surface area contributed by atoms with Gasteiger partial charge in [-0.05, 0) is 56.2 Å². The molecule has 0 saturated carbocycles. The predicted molar refractivity (Wildman–Crippen MR) is 123 cm³/mol. The molecule has 1 heterocycles. The maximum absolute atomic E-state index is 12.7. The van der Waals surface area contributed by atoms with E-state index in [0.29, 0.717) is 11.4 Å². The second-order valence-electron chi connectivity index (χ2n) is 7.41. The van der Waals surface area contributed by atoms with Crippen molar-refractivity contribution < 1.29 is 18.0 Å². The summed E-state index contributed by atoms with van der Waals surface area (Å²) in [4.78, 5) is 27.0. The Morgan fingerprint density at radius 1 is 0.871 bits per heavy atom. The predicted octanol–water partition coefficient (Wildman–Crippen LogP) is 4.11. The number of urea groups is 1. The summed E-state index contributed by atoms with van der Waals surface area (Å²) in [7, 11) is -3.50. The van der Waals surface area contributed by atoms with Gasteiger partial charge in [0.05, 0.1) is 17.0 Å². The Morgan fingerprint density at radius 2 is 1.45 bits per heavy atom. The lowest BCUT2D eigenvalue weighted by Crippen LogP contribution is -2.35. The molecule has 3 rings (SSSR count). The molecule has 2 aromatic carbocycles. The van der Waals surface area contributed by atoms with Crippen LogP contribution in [0, 0.1) is 0 Å². The zero-order valence-electron chi connectivity index (χ0n) is 17.6. The summed E-state index contributed by atoms with van der Waals surface area (Å²) in [6.07, 6.45) is 4.35. The van der Waals surface area contributed by atoms with E-state index in [1.807, 2.05) is 4.90 Å². The van der Waals surface area contributed by atoms with Crippen molar-refractivity contribution in [2.75, 3.05) is 34.2 Å². The summed E-state index contributed by atoms with van der Waals surface area (Å²) in [6.45, 7) is 3.06. The van der Waals surface area contributed by atoms with Crippen molar-refractivity contribution in [3.8, 4) is 0 Å². The average Bonchev–Trinajstić information content (AvgIpc) is 3.05. The number of nitrogens with one attached hydrogen (secondary N) is 3. The van der Waals surface area contributed by atoms with E-state index >= 15 is 0 Å². The lowest BCUT2D eigenvalue weighted by molar-refractivity contribution is 0.102. The number of nitrogens with zero attached hydrogens (tertiary/aromatic N) is 1. The van der Waals surface area contributed by atoms with Gasteiger partial charge in [-0.2, -0.15) is 0 Å². The Kier molecular flexibility index (Phi) is 7.51. The number of hydrogen-bond acceptors (Lipinski definition) is 4. The minimum Gasteiger partial charge on any atom is -0.325 e. The molecule has 2 aromatic rings. The fourth-order valence-corrected chi connectivity index (χ4v) is 3.98. The molecule has 1 fully saturated rings. The van der Waals surface area contributed by atoms with Crippen molar-refractivity contribution in [2.45, 2.75) is 32.6 Å². The van der Waals surface area contributed by atoms with E-state index in [0.717, 1.165) is 38.8 Å². The van der Waals surface area contributed by atoms with Gasteiger partial charge < -0.3 is 15.5 Å². The Balaban J connectivity index is 1.63. The second kappa shape index (κ2) is 10.3. The summed E-state index contributed by atoms with van der Waals surface area (Å²) in [5, 5.41) is 5.65. The van der Waals surface area contributed by atoms with Gasteiger partial charge in [0.25, 0.3) is 5.91 Å². The second-order valence-corrected chi connectivity index (χ2v) is 9.42. The molecular formula is C22H28N4O4S. The number of sulfonamides is 1. The Bertz CT molecular complexity index is 1010. The third-order valence-electron chi connectivity index (χ3n) is 5.10. The van der Waals surface area contributed by atoms with E-state index in [4.69, 9.17) is 0 Å². The number of carbonyl (C=O) groups excluding carboxylic acids is 2. The zero-order valence-corrected chi connectivity index (χ0v) is 18.4. The largest absolute Gasteiger partial charge is 0.325 e. The van der Waals surface area contributed by atoms with Gasteiger partial charge >= 0.3 is 6.03 Å². The number of anilines is 3. The number of rotatable bonds is 6. The molecule has 1 saturated heterocycles. The van der Waals surface area contributed by atoms with Crippen molar-refractivity contribution in [1.29, 1.82) is 0 Å². The van der Waals surface area contributed by atoms with Crippen molar-refractivity contribution in [2.24, 2.45) is 0 Å². The monoisotopic (exact) mass is 444 g/mol. The quantitative estimate of drug-likeness (QED) is 0.623. The minimum absolute atomic E-state index is 0.0897. The highest BCUT2D eigenvalue weighted by molar-refractivity contribution is 7.92. The first kappa shape index (κ1) is 22.6. The van der Waals surface area contributed by atoms with Crippen molar-refractivity contribution >= 4 is 39.0 Å². The first-order valence-electron chi connectivity index (χ1n) is 10.4. The van der Waals surface area contributed by atoms with Gasteiger partial charge in [-0.1, -0.05) is 25.0 Å². The number of amides is 3. The number of carbonyl (C=O) groups is 2. The summed E-state index contributed by atoms with van der Waals surface area (Å²) in [5.41, 5.74) is 1.62. The van der Waals surface area contributed by atoms with E-state index in [-0.39, 0.29) is 23.0 Å². The average molecular weight is 445 g/mol. The highest BCUT2D eigenvalue weighted by Gasteiger charge is 2.17. The van der Waals surface area contributed by atoms with Gasteiger partial charge in [0, 0.05) is 24.5 Å². The summed E-state index contributed by atoms with van der Waals surface area (Å²) < 4.78 is 26.2. The third-order valence-corrected chi connectivity index (χ3v) is 6.40. The van der Waals surface area contributed by atoms with Crippen molar-refractivity contribution in [3.63, 3.8) is 0 Å². The van der Waals surface area contributed by atoms with Crippen LogP contribution >= 0.6 is 0 Å². The van der Waals surface area contributed by atoms with Crippen LogP contribution in [0.4, 0.5) is 21.9 Å². The molecule has 3 amide bonds. The molecule has 0 aromatic heterocycles. The Morgan fingerprint density at radius 3 is 2.06 bits per heavy atom. The van der Waals surface area contributed by atoms with Gasteiger partial charge in [-0.25, -0.2) is 13.2 Å². The van der Waals surface area contributed by atoms with E-state index in [1.165, 1.54) is 6.92 Å². The molecule has 0 spiro atoms. The maximum atomic E-state index is 12.7. The van der Waals surface area contributed by atoms with Crippen molar-refractivity contribution in [1.82, 2.24) is 4.90 Å². The summed E-state index contributed by atoms with van der Waals surface area (Å²) in [5.74, 6) is -0.524. The topological polar surface area (TPSA) is 108 Å². The fourth-order valence-electron chi connectivity index (χ4n) is 3.32. The molecule has 0 bridgehead atoms. The lowest BCUT2D eigenvalue weighted by atomic mass is 10.1. The van der Waals surface area contributed by atoms with Gasteiger partial charge in [0.1, 0.15) is 0 Å². The SMILES string of the molecule is CCS(=O)(=O)Nc1ccccc1C(=O)Nc1ccc(NC(=O)N2CCCCCC2)cc1. The van der Waals surface area contributed by atoms with Crippen LogP contribution in [0.2, 0.25) is 0 Å². The molecule has 3 N–H and O–H groups in total. The van der Waals surface area contributed by atoms with Crippen LogP contribution in [-0.4, -0.2) is 44.1 Å². The number of benzene rings is 2. The highest BCUT2D eigenvalue weighted by atomic mass is 32.2. The summed E-state index contributed by atoms with van der Waals surface area (Å²) >= 11 is 0. The van der Waals surface area contributed by atoms with Gasteiger partial charge in [-0.15, -0.1) is 0 Å². The third kappa shape index (κ3) is 6.45. The molecular weight excluding hydrogens is 416 g/mol. The first-order valence-corrected chi connectivity index (χ1v) is 12.1. The van der Waals surface area contributed by atoms with Crippen LogP contribution in [0.15, 0.2) is 48.5 Å². The molecule has 0 aliphatic carbocycles. The molecule has 1 aliphatic heterocycles. The van der Waals surface area contributed by atoms with Crippen LogP contribution in [0.25, 0.3) is 0 Å². The van der Waals surface area contributed by atoms with E-state index in [9.17, 15) is 18.0 Å². The molecule has 0 unspecified atom stereocenters. The van der Waals surface area contributed by atoms with Gasteiger partial charge in [-0.3, -0.25) is 9.52 Å². The maximum Gasteiger partial charge on any atom is 0.321 e. The van der Waals surface area contributed by atoms with Crippen LogP contribution in [0.5, 0.6) is 0 Å².